The molecule has 3 fully saturated rings. The number of thiophene rings is 1. The lowest BCUT2D eigenvalue weighted by molar-refractivity contribution is 0.0637. The molecule has 6 aromatic rings. The topological polar surface area (TPSA) is 97.0 Å². The zero-order chi connectivity index (χ0) is 33.0. The lowest BCUT2D eigenvalue weighted by atomic mass is 9.71. The van der Waals surface area contributed by atoms with Crippen LogP contribution in [-0.2, 0) is 24.8 Å². The highest BCUT2D eigenvalue weighted by Gasteiger charge is 2.65. The zero-order valence-electron chi connectivity index (χ0n) is 26.6. The van der Waals surface area contributed by atoms with Gasteiger partial charge >= 0.3 is 0 Å². The molecule has 0 unspecified atom stereocenters. The van der Waals surface area contributed by atoms with Gasteiger partial charge in [0.2, 0.25) is 11.8 Å². The van der Waals surface area contributed by atoms with Crippen molar-refractivity contribution in [1.82, 2.24) is 25.1 Å². The van der Waals surface area contributed by atoms with Gasteiger partial charge in [-0.15, -0.1) is 21.5 Å². The van der Waals surface area contributed by atoms with E-state index in [-0.39, 0.29) is 29.1 Å². The van der Waals surface area contributed by atoms with Crippen LogP contribution in [0.15, 0.2) is 65.2 Å². The van der Waals surface area contributed by atoms with E-state index < -0.39 is 0 Å². The van der Waals surface area contributed by atoms with Crippen LogP contribution in [0.4, 0.5) is 14.6 Å². The molecule has 0 radical (unpaired) electrons. The Morgan fingerprint density at radius 1 is 1.00 bits per heavy atom. The summed E-state index contributed by atoms with van der Waals surface area (Å²) in [4.78, 5) is 27.4. The molecule has 1 amide bonds. The number of pyridine rings is 2. The van der Waals surface area contributed by atoms with E-state index in [4.69, 9.17) is 14.4 Å². The van der Waals surface area contributed by atoms with Crippen molar-refractivity contribution in [1.29, 1.82) is 0 Å². The quantitative estimate of drug-likeness (QED) is 0.184. The smallest absolute Gasteiger partial charge is 0.257 e. The number of hydrogen-bond acceptors (Lipinski definition) is 8. The van der Waals surface area contributed by atoms with Crippen LogP contribution in [0.2, 0.25) is 0 Å². The van der Waals surface area contributed by atoms with Crippen LogP contribution < -0.4 is 5.32 Å². The Hall–Kier alpha value is -5.03. The molecule has 2 aliphatic carbocycles. The third kappa shape index (κ3) is 4.34. The van der Waals surface area contributed by atoms with E-state index in [0.717, 1.165) is 86.7 Å². The second kappa shape index (κ2) is 10.5. The van der Waals surface area contributed by atoms with Crippen LogP contribution in [-0.4, -0.2) is 37.5 Å². The molecule has 11 heteroatoms. The molecule has 1 saturated carbocycles. The van der Waals surface area contributed by atoms with Crippen LogP contribution in [0.5, 0.6) is 0 Å². The number of nitrogens with zero attached hydrogens (tertiary/aromatic N) is 5. The first-order valence-electron chi connectivity index (χ1n) is 16.7. The number of anilines is 1. The van der Waals surface area contributed by atoms with Crippen LogP contribution in [0.3, 0.4) is 0 Å². The number of aromatic nitrogens is 4. The van der Waals surface area contributed by atoms with Crippen molar-refractivity contribution >= 4 is 33.1 Å². The summed E-state index contributed by atoms with van der Waals surface area (Å²) in [6.07, 6.45) is 6.45. The largest absolute Gasteiger partial charge is 0.421 e. The predicted molar refractivity (Wildman–Crippen MR) is 181 cm³/mol. The zero-order valence-corrected chi connectivity index (χ0v) is 27.4. The molecule has 49 heavy (non-hydrogen) atoms. The summed E-state index contributed by atoms with van der Waals surface area (Å²) >= 11 is 1.58. The lowest BCUT2D eigenvalue weighted by Crippen LogP contribution is -2.40. The molecular formula is C38H30F2N6O2S. The van der Waals surface area contributed by atoms with Crippen molar-refractivity contribution in [2.45, 2.75) is 57.0 Å². The minimum atomic E-state index is -0.375. The summed E-state index contributed by atoms with van der Waals surface area (Å²) in [5.74, 6) is 1.51. The Kier molecular flexibility index (Phi) is 6.19. The first-order chi connectivity index (χ1) is 23.8. The van der Waals surface area contributed by atoms with Gasteiger partial charge in [0.15, 0.2) is 0 Å². The second-order valence-electron chi connectivity index (χ2n) is 13.8. The molecule has 244 valence electrons. The molecule has 4 aromatic heterocycles. The Morgan fingerprint density at radius 3 is 2.65 bits per heavy atom. The third-order valence-electron chi connectivity index (χ3n) is 10.9. The fourth-order valence-corrected chi connectivity index (χ4v) is 9.82. The van der Waals surface area contributed by atoms with Crippen LogP contribution >= 0.6 is 11.3 Å². The summed E-state index contributed by atoms with van der Waals surface area (Å²) in [7, 11) is 0. The number of nitrogens with one attached hydrogen (secondary N) is 1. The van der Waals surface area contributed by atoms with Gasteiger partial charge in [-0.05, 0) is 103 Å². The summed E-state index contributed by atoms with van der Waals surface area (Å²) in [5, 5.41) is 13.3. The van der Waals surface area contributed by atoms with Gasteiger partial charge in [-0.25, -0.2) is 13.8 Å². The first-order valence-corrected chi connectivity index (χ1v) is 17.5. The van der Waals surface area contributed by atoms with E-state index in [1.165, 1.54) is 18.2 Å². The second-order valence-corrected chi connectivity index (χ2v) is 14.8. The Morgan fingerprint density at radius 2 is 1.84 bits per heavy atom. The number of carbonyl (C=O) groups is 1. The van der Waals surface area contributed by atoms with Gasteiger partial charge in [0.1, 0.15) is 17.5 Å². The molecule has 3 aliphatic heterocycles. The predicted octanol–water partition coefficient (Wildman–Crippen LogP) is 7.95. The summed E-state index contributed by atoms with van der Waals surface area (Å²) in [5.41, 5.74) is 6.41. The fourth-order valence-electron chi connectivity index (χ4n) is 8.65. The SMILES string of the molecule is Cc1nnc(-c2c(CCc3ccc(F)cc3)nc3c(c2-c2cc4ccnc(N[C@@H]5CCc6cc(F)ccc65)c4s2)C(=O)N2CC4CC32C4)o1. The fraction of sp³-hybridized carbons (Fsp3) is 0.289. The van der Waals surface area contributed by atoms with E-state index in [1.807, 2.05) is 17.0 Å². The van der Waals surface area contributed by atoms with Gasteiger partial charge in [0.25, 0.3) is 5.91 Å². The third-order valence-corrected chi connectivity index (χ3v) is 12.0. The molecule has 8 nitrogen and oxygen atoms in total. The van der Waals surface area contributed by atoms with Gasteiger partial charge in [-0.2, -0.15) is 0 Å². The van der Waals surface area contributed by atoms with Gasteiger partial charge in [0, 0.05) is 30.1 Å². The number of aryl methyl sites for hydroxylation is 4. The van der Waals surface area contributed by atoms with Crippen molar-refractivity contribution in [3.8, 4) is 21.9 Å². The van der Waals surface area contributed by atoms with Crippen molar-refractivity contribution in [3.63, 3.8) is 0 Å². The molecule has 2 aromatic carbocycles. The minimum Gasteiger partial charge on any atom is -0.421 e. The van der Waals surface area contributed by atoms with E-state index in [0.29, 0.717) is 41.7 Å². The van der Waals surface area contributed by atoms with E-state index in [2.05, 4.69) is 21.6 Å². The highest BCUT2D eigenvalue weighted by molar-refractivity contribution is 7.23. The number of rotatable bonds is 7. The number of amides is 1. The average Bonchev–Trinajstić information content (AvgIpc) is 3.93. The maximum absolute atomic E-state index is 14.4. The van der Waals surface area contributed by atoms with E-state index in [1.54, 1.807) is 42.7 Å². The van der Waals surface area contributed by atoms with Crippen LogP contribution in [0, 0.1) is 24.5 Å². The van der Waals surface area contributed by atoms with Crippen molar-refractivity contribution in [2.75, 3.05) is 11.9 Å². The van der Waals surface area contributed by atoms with Gasteiger partial charge in [-0.1, -0.05) is 18.2 Å². The Balaban J connectivity index is 1.15. The Labute approximate surface area is 284 Å². The van der Waals surface area contributed by atoms with Gasteiger partial charge in [-0.3, -0.25) is 9.78 Å². The molecule has 11 rings (SSSR count). The molecule has 5 aliphatic rings. The lowest BCUT2D eigenvalue weighted by Gasteiger charge is -2.37. The first kappa shape index (κ1) is 28.9. The summed E-state index contributed by atoms with van der Waals surface area (Å²) in [6.45, 7) is 2.49. The number of halogens is 2. The molecule has 2 saturated heterocycles. The number of fused-ring (bicyclic) bond motifs is 3. The van der Waals surface area contributed by atoms with Crippen molar-refractivity contribution in [2.24, 2.45) is 5.92 Å². The summed E-state index contributed by atoms with van der Waals surface area (Å²) < 4.78 is 34.8. The maximum Gasteiger partial charge on any atom is 0.257 e. The standard InChI is InChI=1S/C38H30F2N6O2S/c1-19-44-45-36(48-19)30-28(10-4-20-2-6-24(39)7-3-20)42-34-32(37(47)46-18-21-16-38(34,46)17-21)31(30)29-15-23-12-13-41-35(33(23)49-29)43-27-11-5-22-14-25(40)8-9-26(22)27/h2-3,6-9,12-15,21,27H,4-5,10-11,16-18H2,1H3,(H,41,43)/t21?,27-,38?/m1/s1. The van der Waals surface area contributed by atoms with Gasteiger partial charge < -0.3 is 14.6 Å². The molecule has 1 spiro atoms. The normalized spacial score (nSPS) is 21.6. The average molecular weight is 673 g/mol. The molecule has 2 bridgehead atoms. The Bertz CT molecular complexity index is 2340. The van der Waals surface area contributed by atoms with E-state index in [9.17, 15) is 13.6 Å². The molecule has 1 N–H and O–H groups in total. The van der Waals surface area contributed by atoms with Gasteiger partial charge in [0.05, 0.1) is 38.8 Å². The number of carbonyl (C=O) groups excluding carboxylic acids is 1. The monoisotopic (exact) mass is 672 g/mol. The van der Waals surface area contributed by atoms with Crippen LogP contribution in [0.25, 0.3) is 32.0 Å². The highest BCUT2D eigenvalue weighted by Crippen LogP contribution is 2.63. The number of hydrogen-bond donors (Lipinski definition) is 1. The number of benzene rings is 2. The molecule has 7 heterocycles. The van der Waals surface area contributed by atoms with E-state index >= 15 is 0 Å². The molecule has 1 atom stereocenters. The maximum atomic E-state index is 14.4. The highest BCUT2D eigenvalue weighted by atomic mass is 32.1. The summed E-state index contributed by atoms with van der Waals surface area (Å²) in [6, 6.07) is 15.7. The van der Waals surface area contributed by atoms with Crippen molar-refractivity contribution < 1.29 is 18.0 Å². The minimum absolute atomic E-state index is 0.00352. The van der Waals surface area contributed by atoms with Crippen LogP contribution in [0.1, 0.15) is 69.6 Å². The van der Waals surface area contributed by atoms with Crippen molar-refractivity contribution in [3.05, 3.63) is 112 Å². The molecular weight excluding hydrogens is 643 g/mol.